The Hall–Kier alpha value is -1.55. The molecule has 1 atom stereocenters. The molecule has 1 N–H and O–H groups in total. The maximum absolute atomic E-state index is 14.4. The lowest BCUT2D eigenvalue weighted by molar-refractivity contribution is 0.476. The van der Waals surface area contributed by atoms with Crippen LogP contribution in [0.2, 0.25) is 0 Å². The third kappa shape index (κ3) is 2.12. The number of aromatic hydroxyl groups is 1. The lowest BCUT2D eigenvalue weighted by Gasteiger charge is -2.35. The molecule has 1 aliphatic heterocycles. The fourth-order valence-electron chi connectivity index (χ4n) is 3.28. The normalized spacial score (nSPS) is 18.1. The van der Waals surface area contributed by atoms with E-state index in [-0.39, 0.29) is 28.0 Å². The number of hydrogen-bond donors (Lipinski definition) is 1. The number of fused-ring (bicyclic) bond motifs is 3. The summed E-state index contributed by atoms with van der Waals surface area (Å²) in [4.78, 5) is 2.08. The smallest absolute Gasteiger partial charge is 0.134 e. The van der Waals surface area contributed by atoms with Crippen molar-refractivity contribution < 1.29 is 13.9 Å². The van der Waals surface area contributed by atoms with Crippen molar-refractivity contribution in [2.75, 3.05) is 17.3 Å². The Bertz CT molecular complexity index is 755. The first-order valence-electron chi connectivity index (χ1n) is 7.23. The summed E-state index contributed by atoms with van der Waals surface area (Å²) < 4.78 is 28.5. The van der Waals surface area contributed by atoms with Gasteiger partial charge in [-0.25, -0.2) is 8.78 Å². The Morgan fingerprint density at radius 2 is 1.82 bits per heavy atom. The van der Waals surface area contributed by atoms with Gasteiger partial charge in [0.05, 0.1) is 5.39 Å². The largest absolute Gasteiger partial charge is 0.507 e. The van der Waals surface area contributed by atoms with Gasteiger partial charge in [-0.1, -0.05) is 0 Å². The Morgan fingerprint density at radius 1 is 1.23 bits per heavy atom. The number of halogens is 3. The van der Waals surface area contributed by atoms with Crippen molar-refractivity contribution in [1.29, 1.82) is 0 Å². The van der Waals surface area contributed by atoms with Gasteiger partial charge >= 0.3 is 0 Å². The molecule has 0 bridgehead atoms. The zero-order valence-electron chi connectivity index (χ0n) is 12.8. The quantitative estimate of drug-likeness (QED) is 0.764. The van der Waals surface area contributed by atoms with Crippen molar-refractivity contribution >= 4 is 28.1 Å². The molecule has 1 heterocycles. The van der Waals surface area contributed by atoms with Gasteiger partial charge in [-0.15, -0.1) is 11.6 Å². The molecule has 2 nitrogen and oxygen atoms in total. The first kappa shape index (κ1) is 15.3. The highest BCUT2D eigenvalue weighted by atomic mass is 35.5. The van der Waals surface area contributed by atoms with Gasteiger partial charge in [0.1, 0.15) is 17.4 Å². The van der Waals surface area contributed by atoms with Crippen molar-refractivity contribution in [3.8, 4) is 5.75 Å². The molecule has 2 aromatic rings. The first-order chi connectivity index (χ1) is 10.3. The van der Waals surface area contributed by atoms with Crippen LogP contribution < -0.4 is 4.90 Å². The summed E-state index contributed by atoms with van der Waals surface area (Å²) in [5.41, 5.74) is 1.21. The number of phenolic OH excluding ortho intramolecular Hbond substituents is 1. The van der Waals surface area contributed by atoms with E-state index in [9.17, 15) is 13.9 Å². The molecule has 118 valence electrons. The van der Waals surface area contributed by atoms with Gasteiger partial charge in [0, 0.05) is 41.0 Å². The number of benzene rings is 2. The fraction of sp³-hybridized carbons (Fsp3) is 0.412. The summed E-state index contributed by atoms with van der Waals surface area (Å²) in [5, 5.41) is 10.3. The van der Waals surface area contributed by atoms with Crippen LogP contribution in [0.4, 0.5) is 14.5 Å². The molecule has 0 aliphatic carbocycles. The summed E-state index contributed by atoms with van der Waals surface area (Å²) in [5.74, 6) is -1.19. The summed E-state index contributed by atoms with van der Waals surface area (Å²) in [6.07, 6.45) is 0. The predicted octanol–water partition coefficient (Wildman–Crippen LogP) is 4.76. The summed E-state index contributed by atoms with van der Waals surface area (Å²) in [6.45, 7) is 6.74. The van der Waals surface area contributed by atoms with E-state index in [1.807, 2.05) is 20.8 Å². The minimum atomic E-state index is -0.626. The molecule has 0 saturated heterocycles. The van der Waals surface area contributed by atoms with Crippen molar-refractivity contribution in [2.24, 2.45) is 0 Å². The second kappa shape index (κ2) is 4.98. The highest BCUT2D eigenvalue weighted by Crippen LogP contribution is 2.48. The molecule has 5 heteroatoms. The first-order valence-corrected chi connectivity index (χ1v) is 7.76. The van der Waals surface area contributed by atoms with Crippen LogP contribution in [0.15, 0.2) is 18.2 Å². The Balaban J connectivity index is 2.42. The van der Waals surface area contributed by atoms with Crippen LogP contribution in [0.5, 0.6) is 5.75 Å². The molecular weight excluding hydrogens is 308 g/mol. The zero-order chi connectivity index (χ0) is 16.2. The van der Waals surface area contributed by atoms with E-state index >= 15 is 0 Å². The third-order valence-corrected chi connectivity index (χ3v) is 4.65. The van der Waals surface area contributed by atoms with Crippen molar-refractivity contribution in [3.63, 3.8) is 0 Å². The van der Waals surface area contributed by atoms with Crippen LogP contribution in [-0.4, -0.2) is 23.1 Å². The molecular formula is C17H18ClF2NO. The zero-order valence-corrected chi connectivity index (χ0v) is 13.5. The molecule has 0 fully saturated rings. The standard InChI is InChI=1S/C17H18ClF2NO/c1-17(2,3)21-8-9(7-18)14-12(21)6-13(22)15-10(19)4-5-11(20)16(14)15/h4-6,9,22H,7-8H2,1-3H3. The van der Waals surface area contributed by atoms with E-state index in [1.165, 1.54) is 6.07 Å². The Morgan fingerprint density at radius 3 is 2.36 bits per heavy atom. The van der Waals surface area contributed by atoms with Crippen molar-refractivity contribution in [2.45, 2.75) is 32.2 Å². The van der Waals surface area contributed by atoms with Crippen LogP contribution >= 0.6 is 11.6 Å². The molecule has 1 unspecified atom stereocenters. The lowest BCUT2D eigenvalue weighted by atomic mass is 9.94. The molecule has 0 spiro atoms. The van der Waals surface area contributed by atoms with Gasteiger partial charge in [-0.3, -0.25) is 0 Å². The molecule has 2 aromatic carbocycles. The second-order valence-electron chi connectivity index (χ2n) is 6.74. The van der Waals surface area contributed by atoms with Crippen LogP contribution in [0.3, 0.4) is 0 Å². The molecule has 1 aliphatic rings. The molecule has 0 radical (unpaired) electrons. The monoisotopic (exact) mass is 325 g/mol. The van der Waals surface area contributed by atoms with Gasteiger partial charge in [0.2, 0.25) is 0 Å². The van der Waals surface area contributed by atoms with E-state index in [2.05, 4.69) is 4.90 Å². The molecule has 3 rings (SSSR count). The van der Waals surface area contributed by atoms with Crippen LogP contribution in [0.1, 0.15) is 32.3 Å². The van der Waals surface area contributed by atoms with E-state index in [4.69, 9.17) is 11.6 Å². The predicted molar refractivity (Wildman–Crippen MR) is 86.1 cm³/mol. The van der Waals surface area contributed by atoms with Crippen LogP contribution in [0, 0.1) is 11.6 Å². The van der Waals surface area contributed by atoms with E-state index in [0.29, 0.717) is 18.0 Å². The van der Waals surface area contributed by atoms with Gasteiger partial charge in [-0.2, -0.15) is 0 Å². The van der Waals surface area contributed by atoms with E-state index in [0.717, 1.165) is 17.8 Å². The number of rotatable bonds is 1. The van der Waals surface area contributed by atoms with Gasteiger partial charge in [-0.05, 0) is 38.5 Å². The van der Waals surface area contributed by atoms with Crippen molar-refractivity contribution in [1.82, 2.24) is 0 Å². The Labute approximate surface area is 133 Å². The third-order valence-electron chi connectivity index (χ3n) is 4.28. The summed E-state index contributed by atoms with van der Waals surface area (Å²) >= 11 is 6.08. The average molecular weight is 326 g/mol. The van der Waals surface area contributed by atoms with Crippen LogP contribution in [-0.2, 0) is 0 Å². The second-order valence-corrected chi connectivity index (χ2v) is 7.05. The number of nitrogens with zero attached hydrogens (tertiary/aromatic N) is 1. The lowest BCUT2D eigenvalue weighted by Crippen LogP contribution is -2.40. The van der Waals surface area contributed by atoms with Gasteiger partial charge in [0.15, 0.2) is 0 Å². The molecule has 0 amide bonds. The maximum Gasteiger partial charge on any atom is 0.134 e. The SMILES string of the molecule is CC(C)(C)N1CC(CCl)c2c1cc(O)c1c(F)ccc(F)c21. The highest BCUT2D eigenvalue weighted by molar-refractivity contribution is 6.18. The molecule has 0 aromatic heterocycles. The summed E-state index contributed by atoms with van der Waals surface area (Å²) in [7, 11) is 0. The van der Waals surface area contributed by atoms with Gasteiger partial charge in [0.25, 0.3) is 0 Å². The minimum absolute atomic E-state index is 0.0652. The number of phenols is 1. The van der Waals surface area contributed by atoms with E-state index < -0.39 is 11.6 Å². The van der Waals surface area contributed by atoms with E-state index in [1.54, 1.807) is 0 Å². The average Bonchev–Trinajstić information content (AvgIpc) is 2.80. The number of anilines is 1. The number of hydrogen-bond acceptors (Lipinski definition) is 2. The van der Waals surface area contributed by atoms with Gasteiger partial charge < -0.3 is 10.0 Å². The molecule has 0 saturated carbocycles. The minimum Gasteiger partial charge on any atom is -0.507 e. The number of alkyl halides is 1. The molecule has 22 heavy (non-hydrogen) atoms. The maximum atomic E-state index is 14.4. The summed E-state index contributed by atoms with van der Waals surface area (Å²) in [6, 6.07) is 3.66. The topological polar surface area (TPSA) is 23.5 Å². The Kier molecular flexibility index (Phi) is 3.48. The highest BCUT2D eigenvalue weighted by Gasteiger charge is 2.37. The fourth-order valence-corrected chi connectivity index (χ4v) is 3.53. The van der Waals surface area contributed by atoms with Crippen LogP contribution in [0.25, 0.3) is 10.8 Å². The van der Waals surface area contributed by atoms with Crippen molar-refractivity contribution in [3.05, 3.63) is 35.4 Å².